The lowest BCUT2D eigenvalue weighted by molar-refractivity contribution is 1.67. The maximum atomic E-state index is 5.48. The minimum atomic E-state index is 1.05. The Kier molecular flexibility index (Phi) is 2.30. The van der Waals surface area contributed by atoms with Crippen LogP contribution in [0.4, 0.5) is 0 Å². The van der Waals surface area contributed by atoms with Crippen molar-refractivity contribution >= 4 is 33.2 Å². The third kappa shape index (κ3) is 1.35. The number of terminal acetylenes is 1. The summed E-state index contributed by atoms with van der Waals surface area (Å²) < 4.78 is 2.52. The van der Waals surface area contributed by atoms with E-state index >= 15 is 0 Å². The van der Waals surface area contributed by atoms with Crippen LogP contribution in [0.15, 0.2) is 28.5 Å². The van der Waals surface area contributed by atoms with Gasteiger partial charge in [0.2, 0.25) is 0 Å². The first-order valence-corrected chi connectivity index (χ1v) is 5.93. The predicted octanol–water partition coefficient (Wildman–Crippen LogP) is 3.60. The van der Waals surface area contributed by atoms with Gasteiger partial charge >= 0.3 is 0 Å². The zero-order valence-electron chi connectivity index (χ0n) is 7.20. The molecule has 0 N–H and O–H groups in total. The van der Waals surface area contributed by atoms with Gasteiger partial charge < -0.3 is 0 Å². The van der Waals surface area contributed by atoms with Crippen LogP contribution in [0.3, 0.4) is 0 Å². The van der Waals surface area contributed by atoms with Gasteiger partial charge in [0, 0.05) is 10.1 Å². The van der Waals surface area contributed by atoms with Crippen molar-refractivity contribution in [3.63, 3.8) is 0 Å². The van der Waals surface area contributed by atoms with Gasteiger partial charge in [0.05, 0.1) is 9.77 Å². The number of fused-ring (bicyclic) bond motifs is 1. The first kappa shape index (κ1) is 8.68. The highest BCUT2D eigenvalue weighted by atomic mass is 32.2. The smallest absolute Gasteiger partial charge is 0.0765 e. The van der Waals surface area contributed by atoms with Gasteiger partial charge in [0.1, 0.15) is 0 Å². The fourth-order valence-electron chi connectivity index (χ4n) is 1.30. The molecule has 13 heavy (non-hydrogen) atoms. The molecular weight excluding hydrogens is 196 g/mol. The van der Waals surface area contributed by atoms with Crippen LogP contribution in [-0.2, 0) is 0 Å². The van der Waals surface area contributed by atoms with Crippen LogP contribution < -0.4 is 0 Å². The van der Waals surface area contributed by atoms with E-state index in [0.29, 0.717) is 0 Å². The predicted molar refractivity (Wildman–Crippen MR) is 61.5 cm³/mol. The minimum absolute atomic E-state index is 1.05. The van der Waals surface area contributed by atoms with Gasteiger partial charge in [-0.3, -0.25) is 0 Å². The normalized spacial score (nSPS) is 10.2. The molecule has 0 fully saturated rings. The Morgan fingerprint density at radius 2 is 2.15 bits per heavy atom. The van der Waals surface area contributed by atoms with E-state index < -0.39 is 0 Å². The molecule has 1 heterocycles. The zero-order valence-corrected chi connectivity index (χ0v) is 8.84. The van der Waals surface area contributed by atoms with Crippen LogP contribution in [0.1, 0.15) is 5.56 Å². The van der Waals surface area contributed by atoms with E-state index in [4.69, 9.17) is 6.42 Å². The maximum Gasteiger partial charge on any atom is 0.0765 e. The van der Waals surface area contributed by atoms with Crippen LogP contribution in [0, 0.1) is 12.3 Å². The largest absolute Gasteiger partial charge is 0.127 e. The van der Waals surface area contributed by atoms with E-state index in [2.05, 4.69) is 24.3 Å². The highest BCUT2D eigenvalue weighted by molar-refractivity contribution is 8.00. The van der Waals surface area contributed by atoms with Crippen LogP contribution >= 0.6 is 23.1 Å². The average molecular weight is 204 g/mol. The fourth-order valence-corrected chi connectivity index (χ4v) is 3.18. The summed E-state index contributed by atoms with van der Waals surface area (Å²) in [6.45, 7) is 0. The summed E-state index contributed by atoms with van der Waals surface area (Å²) in [6, 6.07) is 8.27. The second-order valence-electron chi connectivity index (χ2n) is 2.61. The lowest BCUT2D eigenvalue weighted by Crippen LogP contribution is -1.71. The third-order valence-corrected chi connectivity index (χ3v) is 4.18. The standard InChI is InChI=1S/C11H8S2/c1-3-8-9-6-4-5-7-10(9)13-11(8)12-2/h1,4-7H,2H3. The molecule has 1 aromatic heterocycles. The highest BCUT2D eigenvalue weighted by Gasteiger charge is 2.07. The highest BCUT2D eigenvalue weighted by Crippen LogP contribution is 2.36. The van der Waals surface area contributed by atoms with Gasteiger partial charge in [-0.15, -0.1) is 29.5 Å². The van der Waals surface area contributed by atoms with E-state index in [1.54, 1.807) is 23.1 Å². The van der Waals surface area contributed by atoms with Gasteiger partial charge in [-0.1, -0.05) is 24.1 Å². The van der Waals surface area contributed by atoms with Crippen molar-refractivity contribution in [2.75, 3.05) is 6.26 Å². The van der Waals surface area contributed by atoms with Crippen molar-refractivity contribution in [2.45, 2.75) is 4.21 Å². The number of hydrogen-bond donors (Lipinski definition) is 0. The van der Waals surface area contributed by atoms with Crippen molar-refractivity contribution in [3.8, 4) is 12.3 Å². The van der Waals surface area contributed by atoms with Gasteiger partial charge in [-0.2, -0.15) is 0 Å². The average Bonchev–Trinajstić information content (AvgIpc) is 2.55. The Morgan fingerprint density at radius 3 is 2.85 bits per heavy atom. The molecule has 0 aliphatic rings. The quantitative estimate of drug-likeness (QED) is 0.505. The fraction of sp³-hybridized carbons (Fsp3) is 0.0909. The SMILES string of the molecule is C#Cc1c(SC)sc2ccccc12. The number of thiophene rings is 1. The summed E-state index contributed by atoms with van der Waals surface area (Å²) in [4.78, 5) is 0. The molecule has 1 aromatic carbocycles. The Labute approximate surface area is 86.0 Å². The Balaban J connectivity index is 2.83. The molecule has 64 valence electrons. The van der Waals surface area contributed by atoms with Gasteiger partial charge in [0.15, 0.2) is 0 Å². The lowest BCUT2D eigenvalue weighted by atomic mass is 10.2. The van der Waals surface area contributed by atoms with Crippen molar-refractivity contribution in [2.24, 2.45) is 0 Å². The van der Waals surface area contributed by atoms with E-state index in [1.807, 2.05) is 12.1 Å². The topological polar surface area (TPSA) is 0 Å². The molecule has 0 unspecified atom stereocenters. The lowest BCUT2D eigenvalue weighted by Gasteiger charge is -1.90. The van der Waals surface area contributed by atoms with Crippen molar-refractivity contribution in [1.29, 1.82) is 0 Å². The minimum Gasteiger partial charge on any atom is -0.127 e. The molecule has 0 aliphatic heterocycles. The van der Waals surface area contributed by atoms with Crippen molar-refractivity contribution < 1.29 is 0 Å². The van der Waals surface area contributed by atoms with E-state index in [1.165, 1.54) is 14.3 Å². The molecule has 0 atom stereocenters. The number of rotatable bonds is 1. The van der Waals surface area contributed by atoms with Crippen molar-refractivity contribution in [1.82, 2.24) is 0 Å². The summed E-state index contributed by atoms with van der Waals surface area (Å²) in [7, 11) is 0. The summed E-state index contributed by atoms with van der Waals surface area (Å²) in [5.41, 5.74) is 1.05. The molecule has 0 nitrogen and oxygen atoms in total. The molecule has 0 bridgehead atoms. The Morgan fingerprint density at radius 1 is 1.38 bits per heavy atom. The molecule has 0 radical (unpaired) electrons. The van der Waals surface area contributed by atoms with E-state index in [9.17, 15) is 0 Å². The second kappa shape index (κ2) is 3.45. The van der Waals surface area contributed by atoms with E-state index in [0.717, 1.165) is 5.56 Å². The molecule has 0 saturated carbocycles. The van der Waals surface area contributed by atoms with Crippen molar-refractivity contribution in [3.05, 3.63) is 29.8 Å². The van der Waals surface area contributed by atoms with Crippen LogP contribution in [-0.4, -0.2) is 6.26 Å². The van der Waals surface area contributed by atoms with Crippen LogP contribution in [0.25, 0.3) is 10.1 Å². The Hall–Kier alpha value is -0.910. The van der Waals surface area contributed by atoms with Gasteiger partial charge in [0.25, 0.3) is 0 Å². The summed E-state index contributed by atoms with van der Waals surface area (Å²) in [5.74, 6) is 2.76. The number of thioether (sulfide) groups is 1. The van der Waals surface area contributed by atoms with Crippen LogP contribution in [0.5, 0.6) is 0 Å². The van der Waals surface area contributed by atoms with Gasteiger partial charge in [-0.05, 0) is 12.3 Å². The summed E-state index contributed by atoms with van der Waals surface area (Å²) in [6.07, 6.45) is 7.54. The first-order valence-electron chi connectivity index (χ1n) is 3.89. The molecule has 0 saturated heterocycles. The number of benzene rings is 1. The monoisotopic (exact) mass is 204 g/mol. The molecule has 2 aromatic rings. The third-order valence-electron chi connectivity index (χ3n) is 1.89. The molecule has 0 spiro atoms. The second-order valence-corrected chi connectivity index (χ2v) is 4.74. The molecular formula is C11H8S2. The van der Waals surface area contributed by atoms with Crippen LogP contribution in [0.2, 0.25) is 0 Å². The molecule has 2 rings (SSSR count). The molecule has 0 aliphatic carbocycles. The summed E-state index contributed by atoms with van der Waals surface area (Å²) in [5, 5.41) is 1.21. The zero-order chi connectivity index (χ0) is 9.26. The van der Waals surface area contributed by atoms with Gasteiger partial charge in [-0.25, -0.2) is 0 Å². The van der Waals surface area contributed by atoms with E-state index in [-0.39, 0.29) is 0 Å². The number of hydrogen-bond acceptors (Lipinski definition) is 2. The molecule has 2 heteroatoms. The maximum absolute atomic E-state index is 5.48. The Bertz CT molecular complexity index is 474. The molecule has 0 amide bonds. The first-order chi connectivity index (χ1) is 6.36. The summed E-state index contributed by atoms with van der Waals surface area (Å²) >= 11 is 3.49.